The molecule has 0 aliphatic carbocycles. The third kappa shape index (κ3) is 6.05. The second kappa shape index (κ2) is 7.56. The Morgan fingerprint density at radius 2 is 1.73 bits per heavy atom. The Hall–Kier alpha value is -0.930. The quantitative estimate of drug-likeness (QED) is 0.760. The van der Waals surface area contributed by atoms with Crippen molar-refractivity contribution in [2.24, 2.45) is 5.41 Å². The first-order valence-corrected chi connectivity index (χ1v) is 8.20. The lowest BCUT2D eigenvalue weighted by Gasteiger charge is -2.33. The molecule has 0 aliphatic rings. The Kier molecular flexibility index (Phi) is 6.57. The molecule has 126 valence electrons. The molecule has 0 saturated carbocycles. The highest BCUT2D eigenvalue weighted by Gasteiger charge is 2.25. The van der Waals surface area contributed by atoms with Crippen LogP contribution in [0.1, 0.15) is 53.5 Å². The minimum Gasteiger partial charge on any atom is -0.493 e. The van der Waals surface area contributed by atoms with Crippen LogP contribution < -0.4 is 14.8 Å². The van der Waals surface area contributed by atoms with Crippen LogP contribution in [0.2, 0.25) is 5.02 Å². The lowest BCUT2D eigenvalue weighted by Crippen LogP contribution is -2.41. The number of hydrogen-bond donors (Lipinski definition) is 1. The van der Waals surface area contributed by atoms with Crippen molar-refractivity contribution in [2.75, 3.05) is 13.7 Å². The third-order valence-electron chi connectivity index (χ3n) is 3.36. The largest absolute Gasteiger partial charge is 0.493 e. The predicted molar refractivity (Wildman–Crippen MR) is 94.2 cm³/mol. The Balaban J connectivity index is 2.87. The summed E-state index contributed by atoms with van der Waals surface area (Å²) in [7, 11) is 1.62. The molecule has 0 aliphatic heterocycles. The molecule has 0 bridgehead atoms. The summed E-state index contributed by atoms with van der Waals surface area (Å²) in [6, 6.07) is 3.78. The molecule has 3 nitrogen and oxygen atoms in total. The zero-order chi connectivity index (χ0) is 17.0. The summed E-state index contributed by atoms with van der Waals surface area (Å²) in [4.78, 5) is 0. The topological polar surface area (TPSA) is 30.5 Å². The van der Waals surface area contributed by atoms with E-state index in [-0.39, 0.29) is 11.0 Å². The Bertz CT molecular complexity index is 493. The highest BCUT2D eigenvalue weighted by atomic mass is 35.5. The smallest absolute Gasteiger partial charge is 0.162 e. The number of ether oxygens (including phenoxy) is 2. The number of methoxy groups -OCH3 is 1. The van der Waals surface area contributed by atoms with Gasteiger partial charge >= 0.3 is 0 Å². The summed E-state index contributed by atoms with van der Waals surface area (Å²) in [5.41, 5.74) is 1.33. The molecule has 0 radical (unpaired) electrons. The van der Waals surface area contributed by atoms with Gasteiger partial charge in [0.05, 0.1) is 13.7 Å². The third-order valence-corrected chi connectivity index (χ3v) is 3.71. The van der Waals surface area contributed by atoms with Crippen molar-refractivity contribution in [1.82, 2.24) is 5.32 Å². The van der Waals surface area contributed by atoms with Crippen LogP contribution in [0.5, 0.6) is 11.5 Å². The SMILES string of the molecule is CCOc1cc(CNC(C)(C)CC(C)(C)C)c(Cl)cc1OC. The highest BCUT2D eigenvalue weighted by molar-refractivity contribution is 6.31. The first-order valence-electron chi connectivity index (χ1n) is 7.82. The highest BCUT2D eigenvalue weighted by Crippen LogP contribution is 2.34. The number of hydrogen-bond acceptors (Lipinski definition) is 3. The molecule has 0 amide bonds. The standard InChI is InChI=1S/C18H30ClNO2/c1-8-22-16-9-13(14(19)10-15(16)21-7)11-20-18(5,6)12-17(2,3)4/h9-10,20H,8,11-12H2,1-7H3. The van der Waals surface area contributed by atoms with Crippen LogP contribution in [0.25, 0.3) is 0 Å². The number of rotatable bonds is 7. The maximum absolute atomic E-state index is 6.37. The van der Waals surface area contributed by atoms with Gasteiger partial charge in [-0.2, -0.15) is 0 Å². The summed E-state index contributed by atoms with van der Waals surface area (Å²) in [5.74, 6) is 1.41. The van der Waals surface area contributed by atoms with E-state index in [4.69, 9.17) is 21.1 Å². The van der Waals surface area contributed by atoms with Crippen LogP contribution in [0, 0.1) is 5.41 Å². The van der Waals surface area contributed by atoms with Gasteiger partial charge in [-0.1, -0.05) is 32.4 Å². The maximum Gasteiger partial charge on any atom is 0.162 e. The number of benzene rings is 1. The zero-order valence-corrected chi connectivity index (χ0v) is 15.7. The van der Waals surface area contributed by atoms with Crippen molar-refractivity contribution in [3.05, 3.63) is 22.7 Å². The van der Waals surface area contributed by atoms with Crippen LogP contribution in [0.4, 0.5) is 0 Å². The molecule has 1 rings (SSSR count). The van der Waals surface area contributed by atoms with Gasteiger partial charge in [0.25, 0.3) is 0 Å². The van der Waals surface area contributed by atoms with Crippen molar-refractivity contribution >= 4 is 11.6 Å². The van der Waals surface area contributed by atoms with Gasteiger partial charge in [0.2, 0.25) is 0 Å². The molecule has 0 spiro atoms. The van der Waals surface area contributed by atoms with Gasteiger partial charge in [-0.05, 0) is 44.2 Å². The Morgan fingerprint density at radius 1 is 1.09 bits per heavy atom. The molecule has 1 aromatic carbocycles. The summed E-state index contributed by atoms with van der Waals surface area (Å²) in [5, 5.41) is 4.29. The molecule has 0 fully saturated rings. The van der Waals surface area contributed by atoms with E-state index in [1.54, 1.807) is 7.11 Å². The Morgan fingerprint density at radius 3 is 2.23 bits per heavy atom. The van der Waals surface area contributed by atoms with Crippen LogP contribution in [-0.2, 0) is 6.54 Å². The summed E-state index contributed by atoms with van der Waals surface area (Å²) in [6.45, 7) is 14.5. The van der Waals surface area contributed by atoms with Crippen LogP contribution in [-0.4, -0.2) is 19.3 Å². The van der Waals surface area contributed by atoms with E-state index in [0.717, 1.165) is 17.7 Å². The molecule has 1 aromatic rings. The number of halogens is 1. The van der Waals surface area contributed by atoms with Gasteiger partial charge in [-0.25, -0.2) is 0 Å². The van der Waals surface area contributed by atoms with E-state index in [9.17, 15) is 0 Å². The summed E-state index contributed by atoms with van der Waals surface area (Å²) >= 11 is 6.37. The molecule has 0 atom stereocenters. The van der Waals surface area contributed by atoms with Gasteiger partial charge in [-0.3, -0.25) is 0 Å². The second-order valence-electron chi connectivity index (χ2n) is 7.50. The zero-order valence-electron chi connectivity index (χ0n) is 15.0. The number of nitrogens with one attached hydrogen (secondary N) is 1. The van der Waals surface area contributed by atoms with E-state index >= 15 is 0 Å². The summed E-state index contributed by atoms with van der Waals surface area (Å²) in [6.07, 6.45) is 1.08. The maximum atomic E-state index is 6.37. The molecule has 0 unspecified atom stereocenters. The van der Waals surface area contributed by atoms with E-state index in [0.29, 0.717) is 23.9 Å². The fourth-order valence-electron chi connectivity index (χ4n) is 2.86. The Labute approximate surface area is 140 Å². The lowest BCUT2D eigenvalue weighted by molar-refractivity contribution is 0.240. The van der Waals surface area contributed by atoms with Gasteiger partial charge in [0, 0.05) is 23.2 Å². The molecule has 4 heteroatoms. The fraction of sp³-hybridized carbons (Fsp3) is 0.667. The van der Waals surface area contributed by atoms with Crippen molar-refractivity contribution in [2.45, 2.75) is 60.0 Å². The molecular weight excluding hydrogens is 298 g/mol. The first kappa shape index (κ1) is 19.1. The minimum atomic E-state index is 0.0350. The van der Waals surface area contributed by atoms with Crippen LogP contribution >= 0.6 is 11.6 Å². The molecular formula is C18H30ClNO2. The normalized spacial score (nSPS) is 12.4. The minimum absolute atomic E-state index is 0.0350. The van der Waals surface area contributed by atoms with Crippen molar-refractivity contribution in [3.63, 3.8) is 0 Å². The van der Waals surface area contributed by atoms with Crippen LogP contribution in [0.3, 0.4) is 0 Å². The molecule has 1 N–H and O–H groups in total. The average molecular weight is 328 g/mol. The molecule has 22 heavy (non-hydrogen) atoms. The van der Waals surface area contributed by atoms with Gasteiger partial charge < -0.3 is 14.8 Å². The second-order valence-corrected chi connectivity index (χ2v) is 7.91. The van der Waals surface area contributed by atoms with Crippen molar-refractivity contribution in [3.8, 4) is 11.5 Å². The van der Waals surface area contributed by atoms with E-state index in [2.05, 4.69) is 39.9 Å². The summed E-state index contributed by atoms with van der Waals surface area (Å²) < 4.78 is 10.9. The van der Waals surface area contributed by atoms with Gasteiger partial charge in [0.1, 0.15) is 0 Å². The predicted octanol–water partition coefficient (Wildman–Crippen LogP) is 5.05. The first-order chi connectivity index (χ1) is 10.1. The van der Waals surface area contributed by atoms with E-state index in [1.807, 2.05) is 19.1 Å². The van der Waals surface area contributed by atoms with Crippen LogP contribution in [0.15, 0.2) is 12.1 Å². The van der Waals surface area contributed by atoms with Gasteiger partial charge in [0.15, 0.2) is 11.5 Å². The van der Waals surface area contributed by atoms with Crippen molar-refractivity contribution < 1.29 is 9.47 Å². The average Bonchev–Trinajstić information content (AvgIpc) is 2.36. The van der Waals surface area contributed by atoms with Crippen molar-refractivity contribution in [1.29, 1.82) is 0 Å². The van der Waals surface area contributed by atoms with E-state index in [1.165, 1.54) is 0 Å². The van der Waals surface area contributed by atoms with E-state index < -0.39 is 0 Å². The van der Waals surface area contributed by atoms with Gasteiger partial charge in [-0.15, -0.1) is 0 Å². The molecule has 0 aromatic heterocycles. The fourth-order valence-corrected chi connectivity index (χ4v) is 3.08. The monoisotopic (exact) mass is 327 g/mol. The lowest BCUT2D eigenvalue weighted by atomic mass is 9.82. The molecule has 0 heterocycles. The molecule has 0 saturated heterocycles.